The highest BCUT2D eigenvalue weighted by Gasteiger charge is 2.63. The zero-order chi connectivity index (χ0) is 18.7. The van der Waals surface area contributed by atoms with Crippen LogP contribution in [0.1, 0.15) is 52.4 Å². The maximum absolute atomic E-state index is 12.3. The summed E-state index contributed by atoms with van der Waals surface area (Å²) in [7, 11) is 0. The number of carboxylic acids is 1. The second-order valence-corrected chi connectivity index (χ2v) is 8.02. The first-order valence-electron chi connectivity index (χ1n) is 9.26. The highest BCUT2D eigenvalue weighted by molar-refractivity contribution is 5.76. The first kappa shape index (κ1) is 20.1. The van der Waals surface area contributed by atoms with Gasteiger partial charge in [-0.2, -0.15) is 0 Å². The molecule has 0 aromatic heterocycles. The predicted octanol–water partition coefficient (Wildman–Crippen LogP) is 2.51. The predicted molar refractivity (Wildman–Crippen MR) is 96.0 cm³/mol. The molecule has 0 saturated heterocycles. The summed E-state index contributed by atoms with van der Waals surface area (Å²) in [4.78, 5) is 12.3. The minimum absolute atomic E-state index is 0.0370. The summed E-state index contributed by atoms with van der Waals surface area (Å²) in [6.07, 6.45) is 7.70. The van der Waals surface area contributed by atoms with E-state index in [1.165, 1.54) is 0 Å². The maximum Gasteiger partial charge on any atom is 0.310 e. The van der Waals surface area contributed by atoms with Crippen molar-refractivity contribution in [3.8, 4) is 0 Å². The van der Waals surface area contributed by atoms with Crippen molar-refractivity contribution in [1.82, 2.24) is 0 Å². The van der Waals surface area contributed by atoms with E-state index < -0.39 is 16.8 Å². The summed E-state index contributed by atoms with van der Waals surface area (Å²) >= 11 is 0. The van der Waals surface area contributed by atoms with E-state index in [1.807, 2.05) is 6.92 Å². The number of rotatable bonds is 7. The molecule has 0 bridgehead atoms. The van der Waals surface area contributed by atoms with Crippen LogP contribution in [-0.2, 0) is 4.79 Å². The van der Waals surface area contributed by atoms with E-state index in [9.17, 15) is 20.1 Å². The van der Waals surface area contributed by atoms with E-state index in [0.717, 1.165) is 24.0 Å². The second kappa shape index (κ2) is 8.02. The van der Waals surface area contributed by atoms with Crippen LogP contribution in [-0.4, -0.2) is 46.2 Å². The molecule has 0 spiro atoms. The lowest BCUT2D eigenvalue weighted by Crippen LogP contribution is -2.43. The maximum atomic E-state index is 12.3. The van der Waals surface area contributed by atoms with Crippen LogP contribution in [0.15, 0.2) is 23.3 Å². The van der Waals surface area contributed by atoms with Gasteiger partial charge in [0.2, 0.25) is 0 Å². The van der Waals surface area contributed by atoms with E-state index in [4.69, 9.17) is 5.11 Å². The number of hydrogen-bond acceptors (Lipinski definition) is 4. The summed E-state index contributed by atoms with van der Waals surface area (Å²) in [5, 5.41) is 39.0. The van der Waals surface area contributed by atoms with Crippen molar-refractivity contribution in [3.05, 3.63) is 23.3 Å². The molecule has 5 heteroatoms. The van der Waals surface area contributed by atoms with Crippen LogP contribution in [0.2, 0.25) is 0 Å². The van der Waals surface area contributed by atoms with Gasteiger partial charge in [0.15, 0.2) is 0 Å². The molecule has 4 atom stereocenters. The Balaban J connectivity index is 2.37. The number of aliphatic hydroxyl groups is 3. The zero-order valence-corrected chi connectivity index (χ0v) is 15.4. The first-order chi connectivity index (χ1) is 11.9. The van der Waals surface area contributed by atoms with Gasteiger partial charge in [-0.05, 0) is 62.9 Å². The number of fused-ring (bicyclic) bond motifs is 1. The third-order valence-corrected chi connectivity index (χ3v) is 6.77. The van der Waals surface area contributed by atoms with E-state index in [-0.39, 0.29) is 31.7 Å². The minimum Gasteiger partial charge on any atom is -0.481 e. The fourth-order valence-electron chi connectivity index (χ4n) is 5.46. The number of carbonyl (C=O) groups is 1. The van der Waals surface area contributed by atoms with Gasteiger partial charge in [-0.15, -0.1) is 0 Å². The van der Waals surface area contributed by atoms with Gasteiger partial charge in [-0.3, -0.25) is 4.79 Å². The van der Waals surface area contributed by atoms with Crippen molar-refractivity contribution >= 4 is 5.97 Å². The largest absolute Gasteiger partial charge is 0.481 e. The molecule has 2 aliphatic rings. The van der Waals surface area contributed by atoms with Crippen LogP contribution in [0.3, 0.4) is 0 Å². The van der Waals surface area contributed by atoms with Gasteiger partial charge in [-0.25, -0.2) is 0 Å². The molecular weight excluding hydrogens is 320 g/mol. The van der Waals surface area contributed by atoms with Gasteiger partial charge >= 0.3 is 5.97 Å². The summed E-state index contributed by atoms with van der Waals surface area (Å²) in [5.74, 6) is -0.735. The monoisotopic (exact) mass is 352 g/mol. The van der Waals surface area contributed by atoms with E-state index in [2.05, 4.69) is 13.0 Å². The summed E-state index contributed by atoms with van der Waals surface area (Å²) in [6.45, 7) is 3.78. The zero-order valence-electron chi connectivity index (χ0n) is 15.4. The quantitative estimate of drug-likeness (QED) is 0.528. The molecule has 0 aliphatic heterocycles. The summed E-state index contributed by atoms with van der Waals surface area (Å²) < 4.78 is 0. The Hall–Kier alpha value is -1.17. The molecule has 2 rings (SSSR count). The first-order valence-corrected chi connectivity index (χ1v) is 9.26. The Morgan fingerprint density at radius 2 is 2.08 bits per heavy atom. The van der Waals surface area contributed by atoms with Crippen molar-refractivity contribution in [3.63, 3.8) is 0 Å². The van der Waals surface area contributed by atoms with E-state index >= 15 is 0 Å². The van der Waals surface area contributed by atoms with Gasteiger partial charge in [0.1, 0.15) is 0 Å². The molecule has 0 unspecified atom stereocenters. The number of hydrogen-bond donors (Lipinski definition) is 4. The standard InChI is InChI=1S/C20H32O5/c1-14-4-3-5-17-19(13-23,8-6-16(12-22)7-9-21)15(2)11-20(17,10-14)18(24)25/h4,7,15,17,21-23H,3,5-6,8-13H2,1-2H3,(H,24,25)/b16-7-/t15-,17-,19-,20-/m1/s1. The van der Waals surface area contributed by atoms with Crippen LogP contribution >= 0.6 is 0 Å². The van der Waals surface area contributed by atoms with Crippen LogP contribution < -0.4 is 0 Å². The Bertz CT molecular complexity index is 552. The molecule has 142 valence electrons. The summed E-state index contributed by atoms with van der Waals surface area (Å²) in [5.41, 5.74) is 0.611. The molecule has 1 fully saturated rings. The molecule has 0 radical (unpaired) electrons. The van der Waals surface area contributed by atoms with Crippen molar-refractivity contribution in [2.24, 2.45) is 22.7 Å². The van der Waals surface area contributed by atoms with E-state index in [1.54, 1.807) is 6.08 Å². The fraction of sp³-hybridized carbons (Fsp3) is 0.750. The van der Waals surface area contributed by atoms with Crippen molar-refractivity contribution in [2.45, 2.75) is 52.4 Å². The average molecular weight is 352 g/mol. The number of aliphatic carboxylic acids is 1. The van der Waals surface area contributed by atoms with Crippen molar-refractivity contribution < 1.29 is 25.2 Å². The van der Waals surface area contributed by atoms with Gasteiger partial charge < -0.3 is 20.4 Å². The Kier molecular flexibility index (Phi) is 6.46. The van der Waals surface area contributed by atoms with Gasteiger partial charge in [0.25, 0.3) is 0 Å². The normalized spacial score (nSPS) is 35.9. The molecule has 0 aromatic carbocycles. The molecule has 1 saturated carbocycles. The SMILES string of the molecule is CC1=CCC[C@H]2[C@@](C(=O)O)(C1)C[C@@H](C)[C@]2(CO)CC/C(=C/CO)CO. The molecule has 0 aromatic rings. The highest BCUT2D eigenvalue weighted by Crippen LogP contribution is 2.64. The molecule has 2 aliphatic carbocycles. The smallest absolute Gasteiger partial charge is 0.310 e. The topological polar surface area (TPSA) is 98.0 Å². The molecule has 0 amide bonds. The minimum atomic E-state index is -0.806. The second-order valence-electron chi connectivity index (χ2n) is 8.02. The summed E-state index contributed by atoms with van der Waals surface area (Å²) in [6, 6.07) is 0. The third-order valence-electron chi connectivity index (χ3n) is 6.77. The van der Waals surface area contributed by atoms with Crippen molar-refractivity contribution in [1.29, 1.82) is 0 Å². The average Bonchev–Trinajstić information content (AvgIpc) is 2.69. The number of aliphatic hydroxyl groups excluding tert-OH is 3. The Morgan fingerprint density at radius 3 is 2.64 bits per heavy atom. The fourth-order valence-corrected chi connectivity index (χ4v) is 5.46. The van der Waals surface area contributed by atoms with Gasteiger partial charge in [0, 0.05) is 12.0 Å². The third kappa shape index (κ3) is 3.55. The lowest BCUT2D eigenvalue weighted by molar-refractivity contribution is -0.153. The van der Waals surface area contributed by atoms with Gasteiger partial charge in [0.05, 0.1) is 18.6 Å². The molecule has 4 N–H and O–H groups in total. The lowest BCUT2D eigenvalue weighted by atomic mass is 9.63. The van der Waals surface area contributed by atoms with Crippen LogP contribution in [0, 0.1) is 22.7 Å². The van der Waals surface area contributed by atoms with Crippen LogP contribution in [0.5, 0.6) is 0 Å². The molecule has 5 nitrogen and oxygen atoms in total. The van der Waals surface area contributed by atoms with Crippen molar-refractivity contribution in [2.75, 3.05) is 19.8 Å². The Labute approximate surface area is 150 Å². The highest BCUT2D eigenvalue weighted by atomic mass is 16.4. The number of allylic oxidation sites excluding steroid dienone is 2. The van der Waals surface area contributed by atoms with Gasteiger partial charge in [-0.1, -0.05) is 24.6 Å². The van der Waals surface area contributed by atoms with Crippen LogP contribution in [0.25, 0.3) is 0 Å². The molecular formula is C20H32O5. The van der Waals surface area contributed by atoms with Crippen LogP contribution in [0.4, 0.5) is 0 Å². The Morgan fingerprint density at radius 1 is 1.36 bits per heavy atom. The number of carboxylic acid groups (broad SMARTS) is 1. The molecule has 25 heavy (non-hydrogen) atoms. The molecule has 0 heterocycles. The lowest BCUT2D eigenvalue weighted by Gasteiger charge is -2.41. The van der Waals surface area contributed by atoms with E-state index in [0.29, 0.717) is 25.7 Å².